The van der Waals surface area contributed by atoms with E-state index in [9.17, 15) is 9.18 Å². The molecular formula is C23H21ClFIN2O2. The van der Waals surface area contributed by atoms with Gasteiger partial charge in [-0.25, -0.2) is 9.37 Å². The summed E-state index contributed by atoms with van der Waals surface area (Å²) < 4.78 is 20.7. The third-order valence-corrected chi connectivity index (χ3v) is 6.35. The molecule has 0 spiro atoms. The number of ketones is 1. The molecule has 2 N–H and O–H groups in total. The maximum Gasteiger partial charge on any atom is 0.166 e. The molecule has 30 heavy (non-hydrogen) atoms. The van der Waals surface area contributed by atoms with Gasteiger partial charge in [0, 0.05) is 26.8 Å². The van der Waals surface area contributed by atoms with Gasteiger partial charge in [0.15, 0.2) is 11.6 Å². The molecule has 0 amide bonds. The predicted octanol–water partition coefficient (Wildman–Crippen LogP) is 6.56. The van der Waals surface area contributed by atoms with Crippen molar-refractivity contribution in [1.29, 1.82) is 0 Å². The van der Waals surface area contributed by atoms with Crippen LogP contribution in [0.4, 0.5) is 10.2 Å². The number of carbonyl (C=O) groups excluding carboxylic acids is 1. The van der Waals surface area contributed by atoms with Crippen LogP contribution in [-0.2, 0) is 4.79 Å². The summed E-state index contributed by atoms with van der Waals surface area (Å²) in [5, 5.41) is 0.0345. The number of aromatic nitrogens is 1. The minimum absolute atomic E-state index is 0.0345. The number of halogens is 3. The van der Waals surface area contributed by atoms with Crippen LogP contribution in [-0.4, -0.2) is 10.8 Å². The van der Waals surface area contributed by atoms with Gasteiger partial charge < -0.3 is 10.5 Å². The Labute approximate surface area is 193 Å². The first-order valence-electron chi connectivity index (χ1n) is 9.35. The lowest BCUT2D eigenvalue weighted by Gasteiger charge is -2.19. The van der Waals surface area contributed by atoms with Crippen LogP contribution >= 0.6 is 34.2 Å². The molecule has 3 aromatic rings. The molecule has 0 aliphatic rings. The van der Waals surface area contributed by atoms with Crippen molar-refractivity contribution in [2.45, 2.75) is 32.8 Å². The average molecular weight is 539 g/mol. The zero-order valence-electron chi connectivity index (χ0n) is 16.7. The molecule has 156 valence electrons. The SMILES string of the molecule is CC(=O)C(C)c1ccc(-c2cnc(N)c(O[C@H](C)c3c(I)ccc(F)c3Cl)c2)cc1. The van der Waals surface area contributed by atoms with Gasteiger partial charge in [-0.2, -0.15) is 0 Å². The van der Waals surface area contributed by atoms with Gasteiger partial charge in [0.2, 0.25) is 0 Å². The predicted molar refractivity (Wildman–Crippen MR) is 126 cm³/mol. The number of rotatable bonds is 6. The van der Waals surface area contributed by atoms with Crippen LogP contribution in [0.3, 0.4) is 0 Å². The quantitative estimate of drug-likeness (QED) is 0.285. The molecule has 3 rings (SSSR count). The molecule has 2 atom stereocenters. The molecule has 1 unspecified atom stereocenters. The minimum Gasteiger partial charge on any atom is -0.482 e. The van der Waals surface area contributed by atoms with E-state index in [0.717, 1.165) is 20.3 Å². The monoisotopic (exact) mass is 538 g/mol. The molecule has 0 aliphatic carbocycles. The summed E-state index contributed by atoms with van der Waals surface area (Å²) in [6.45, 7) is 5.25. The molecule has 0 saturated carbocycles. The van der Waals surface area contributed by atoms with Gasteiger partial charge >= 0.3 is 0 Å². The molecule has 2 aromatic carbocycles. The van der Waals surface area contributed by atoms with E-state index in [-0.39, 0.29) is 22.5 Å². The largest absolute Gasteiger partial charge is 0.482 e. The van der Waals surface area contributed by atoms with E-state index in [2.05, 4.69) is 27.6 Å². The number of pyridine rings is 1. The minimum atomic E-state index is -0.529. The zero-order valence-corrected chi connectivity index (χ0v) is 19.7. The Bertz CT molecular complexity index is 1090. The summed E-state index contributed by atoms with van der Waals surface area (Å²) in [5.41, 5.74) is 9.26. The van der Waals surface area contributed by atoms with Crippen LogP contribution in [0, 0.1) is 9.39 Å². The highest BCUT2D eigenvalue weighted by Gasteiger charge is 2.20. The molecule has 0 saturated heterocycles. The van der Waals surface area contributed by atoms with Crippen LogP contribution in [0.5, 0.6) is 5.75 Å². The van der Waals surface area contributed by atoms with Gasteiger partial charge in [-0.3, -0.25) is 4.79 Å². The first-order valence-corrected chi connectivity index (χ1v) is 10.8. The van der Waals surface area contributed by atoms with Crippen LogP contribution in [0.2, 0.25) is 5.02 Å². The molecule has 4 nitrogen and oxygen atoms in total. The number of carbonyl (C=O) groups is 1. The van der Waals surface area contributed by atoms with Crippen molar-refractivity contribution >= 4 is 45.8 Å². The fourth-order valence-electron chi connectivity index (χ4n) is 3.07. The molecule has 7 heteroatoms. The number of hydrogen-bond acceptors (Lipinski definition) is 4. The van der Waals surface area contributed by atoms with E-state index in [1.165, 1.54) is 6.07 Å². The van der Waals surface area contributed by atoms with E-state index in [1.807, 2.05) is 31.2 Å². The van der Waals surface area contributed by atoms with E-state index < -0.39 is 11.9 Å². The smallest absolute Gasteiger partial charge is 0.166 e. The normalized spacial score (nSPS) is 13.0. The summed E-state index contributed by atoms with van der Waals surface area (Å²) in [7, 11) is 0. The van der Waals surface area contributed by atoms with Gasteiger partial charge in [-0.05, 0) is 65.8 Å². The van der Waals surface area contributed by atoms with Crippen molar-refractivity contribution in [1.82, 2.24) is 4.98 Å². The molecule has 1 heterocycles. The highest BCUT2D eigenvalue weighted by Crippen LogP contribution is 2.35. The van der Waals surface area contributed by atoms with E-state index in [4.69, 9.17) is 22.1 Å². The van der Waals surface area contributed by atoms with Crippen molar-refractivity contribution in [3.63, 3.8) is 0 Å². The second kappa shape index (κ2) is 9.31. The van der Waals surface area contributed by atoms with E-state index in [1.54, 1.807) is 32.2 Å². The fourth-order valence-corrected chi connectivity index (χ4v) is 4.44. The number of nitrogen functional groups attached to an aromatic ring is 1. The number of nitrogens with two attached hydrogens (primary N) is 1. The summed E-state index contributed by atoms with van der Waals surface area (Å²) in [6.07, 6.45) is 1.13. The Kier molecular flexibility index (Phi) is 6.98. The van der Waals surface area contributed by atoms with Crippen molar-refractivity contribution in [3.05, 3.63) is 74.2 Å². The van der Waals surface area contributed by atoms with Crippen LogP contribution in [0.25, 0.3) is 11.1 Å². The molecule has 0 aliphatic heterocycles. The van der Waals surface area contributed by atoms with E-state index in [0.29, 0.717) is 11.3 Å². The standard InChI is InChI=1S/C23H21ClFIN2O2/c1-12(13(2)29)15-4-6-16(7-5-15)17-10-20(23(27)28-11-17)30-14(3)21-19(26)9-8-18(25)22(21)24/h4-12,14H,1-3H3,(H2,27,28)/t12?,14-/m1/s1. The number of Topliss-reactive ketones (excluding diaryl/α,β-unsaturated/α-hetero) is 1. The van der Waals surface area contributed by atoms with Crippen molar-refractivity contribution in [2.24, 2.45) is 0 Å². The number of nitrogens with zero attached hydrogens (tertiary/aromatic N) is 1. The summed E-state index contributed by atoms with van der Waals surface area (Å²) in [6, 6.07) is 12.5. The van der Waals surface area contributed by atoms with Gasteiger partial charge in [-0.15, -0.1) is 0 Å². The summed E-state index contributed by atoms with van der Waals surface area (Å²) in [5.74, 6) is 0.0866. The fraction of sp³-hybridized carbons (Fsp3) is 0.217. The highest BCUT2D eigenvalue weighted by molar-refractivity contribution is 14.1. The summed E-state index contributed by atoms with van der Waals surface area (Å²) >= 11 is 8.25. The van der Waals surface area contributed by atoms with Crippen LogP contribution < -0.4 is 10.5 Å². The van der Waals surface area contributed by atoms with Crippen molar-refractivity contribution < 1.29 is 13.9 Å². The maximum absolute atomic E-state index is 13.9. The van der Waals surface area contributed by atoms with Gasteiger partial charge in [0.1, 0.15) is 17.7 Å². The van der Waals surface area contributed by atoms with Crippen molar-refractivity contribution in [2.75, 3.05) is 5.73 Å². The van der Waals surface area contributed by atoms with E-state index >= 15 is 0 Å². The topological polar surface area (TPSA) is 65.2 Å². The third-order valence-electron chi connectivity index (χ3n) is 5.03. The molecule has 0 bridgehead atoms. The first-order chi connectivity index (χ1) is 14.2. The number of ether oxygens (including phenoxy) is 1. The average Bonchev–Trinajstić information content (AvgIpc) is 2.72. The summed E-state index contributed by atoms with van der Waals surface area (Å²) in [4.78, 5) is 15.8. The number of hydrogen-bond donors (Lipinski definition) is 1. The van der Waals surface area contributed by atoms with Crippen molar-refractivity contribution in [3.8, 4) is 16.9 Å². The molecule has 0 fully saturated rings. The Balaban J connectivity index is 1.89. The Morgan fingerprint density at radius 3 is 2.47 bits per heavy atom. The number of benzene rings is 2. The second-order valence-corrected chi connectivity index (χ2v) is 8.62. The molecule has 0 radical (unpaired) electrons. The van der Waals surface area contributed by atoms with Gasteiger partial charge in [0.25, 0.3) is 0 Å². The lowest BCUT2D eigenvalue weighted by molar-refractivity contribution is -0.118. The Hall–Kier alpha value is -2.19. The number of anilines is 1. The first kappa shape index (κ1) is 22.5. The Morgan fingerprint density at radius 2 is 1.83 bits per heavy atom. The van der Waals surface area contributed by atoms with Crippen LogP contribution in [0.1, 0.15) is 43.9 Å². The lowest BCUT2D eigenvalue weighted by atomic mass is 9.95. The maximum atomic E-state index is 13.9. The van der Waals surface area contributed by atoms with Gasteiger partial charge in [-0.1, -0.05) is 42.8 Å². The Morgan fingerprint density at radius 1 is 1.17 bits per heavy atom. The molecule has 1 aromatic heterocycles. The second-order valence-electron chi connectivity index (χ2n) is 7.08. The van der Waals surface area contributed by atoms with Gasteiger partial charge in [0.05, 0.1) is 5.02 Å². The highest BCUT2D eigenvalue weighted by atomic mass is 127. The molecular weight excluding hydrogens is 518 g/mol. The zero-order chi connectivity index (χ0) is 22.0. The lowest BCUT2D eigenvalue weighted by Crippen LogP contribution is -2.09. The third kappa shape index (κ3) is 4.75. The van der Waals surface area contributed by atoms with Crippen LogP contribution in [0.15, 0.2) is 48.7 Å².